The lowest BCUT2D eigenvalue weighted by Gasteiger charge is -2.37. The van der Waals surface area contributed by atoms with Gasteiger partial charge in [-0.1, -0.05) is 26.2 Å². The molecule has 2 aliphatic carbocycles. The van der Waals surface area contributed by atoms with Gasteiger partial charge in [-0.15, -0.1) is 0 Å². The molecule has 0 radical (unpaired) electrons. The van der Waals surface area contributed by atoms with Crippen molar-refractivity contribution in [2.45, 2.75) is 70.1 Å². The maximum atomic E-state index is 10.1. The van der Waals surface area contributed by atoms with Crippen molar-refractivity contribution in [1.29, 1.82) is 0 Å². The van der Waals surface area contributed by atoms with E-state index in [1.807, 2.05) is 0 Å². The highest BCUT2D eigenvalue weighted by atomic mass is 16.3. The van der Waals surface area contributed by atoms with Crippen molar-refractivity contribution in [3.8, 4) is 0 Å². The van der Waals surface area contributed by atoms with E-state index >= 15 is 0 Å². The second-order valence-electron chi connectivity index (χ2n) is 6.21. The van der Waals surface area contributed by atoms with Crippen LogP contribution in [0.15, 0.2) is 0 Å². The highest BCUT2D eigenvalue weighted by Gasteiger charge is 2.32. The highest BCUT2D eigenvalue weighted by Crippen LogP contribution is 2.29. The zero-order chi connectivity index (χ0) is 13.0. The Hall–Kier alpha value is -0.120. The second-order valence-corrected chi connectivity index (χ2v) is 6.21. The summed E-state index contributed by atoms with van der Waals surface area (Å²) in [5.41, 5.74) is 0. The number of aliphatic hydroxyl groups is 1. The monoisotopic (exact) mass is 254 g/mol. The average Bonchev–Trinajstić information content (AvgIpc) is 2.78. The predicted octanol–water partition coefficient (Wildman–Crippen LogP) is 2.00. The number of nitrogens with zero attached hydrogens (tertiary/aromatic N) is 1. The number of hydrogen-bond donors (Lipinski definition) is 2. The van der Waals surface area contributed by atoms with E-state index in [9.17, 15) is 5.11 Å². The van der Waals surface area contributed by atoms with Crippen molar-refractivity contribution < 1.29 is 5.11 Å². The first-order chi connectivity index (χ1) is 8.72. The largest absolute Gasteiger partial charge is 0.391 e. The number of nitrogens with one attached hydrogen (secondary N) is 1. The summed E-state index contributed by atoms with van der Waals surface area (Å²) >= 11 is 0. The third-order valence-electron chi connectivity index (χ3n) is 4.91. The lowest BCUT2D eigenvalue weighted by Crippen LogP contribution is -2.47. The summed E-state index contributed by atoms with van der Waals surface area (Å²) in [6.45, 7) is 4.43. The van der Waals surface area contributed by atoms with Crippen molar-refractivity contribution in [2.75, 3.05) is 20.1 Å². The molecule has 18 heavy (non-hydrogen) atoms. The number of rotatable bonds is 5. The Kier molecular flexibility index (Phi) is 5.46. The predicted molar refractivity (Wildman–Crippen MR) is 75.7 cm³/mol. The van der Waals surface area contributed by atoms with Crippen molar-refractivity contribution in [3.63, 3.8) is 0 Å². The lowest BCUT2D eigenvalue weighted by atomic mass is 9.90. The van der Waals surface area contributed by atoms with Gasteiger partial charge >= 0.3 is 0 Å². The Labute approximate surface area is 112 Å². The zero-order valence-corrected chi connectivity index (χ0v) is 12.1. The smallest absolute Gasteiger partial charge is 0.0695 e. The van der Waals surface area contributed by atoms with Crippen LogP contribution in [0, 0.1) is 5.92 Å². The summed E-state index contributed by atoms with van der Waals surface area (Å²) < 4.78 is 0. The van der Waals surface area contributed by atoms with Crippen LogP contribution >= 0.6 is 0 Å². The Balaban J connectivity index is 1.83. The topological polar surface area (TPSA) is 35.5 Å². The van der Waals surface area contributed by atoms with E-state index < -0.39 is 0 Å². The fourth-order valence-electron chi connectivity index (χ4n) is 3.90. The lowest BCUT2D eigenvalue weighted by molar-refractivity contribution is 0.0244. The van der Waals surface area contributed by atoms with Gasteiger partial charge < -0.3 is 15.3 Å². The molecule has 2 N–H and O–H groups in total. The molecule has 2 saturated carbocycles. The van der Waals surface area contributed by atoms with Gasteiger partial charge in [-0.3, -0.25) is 0 Å². The van der Waals surface area contributed by atoms with E-state index in [4.69, 9.17) is 0 Å². The summed E-state index contributed by atoms with van der Waals surface area (Å²) in [6, 6.07) is 1.11. The van der Waals surface area contributed by atoms with E-state index in [0.717, 1.165) is 25.4 Å². The van der Waals surface area contributed by atoms with Crippen molar-refractivity contribution >= 4 is 0 Å². The summed E-state index contributed by atoms with van der Waals surface area (Å²) in [5, 5.41) is 13.8. The molecule has 3 heteroatoms. The number of hydrogen-bond acceptors (Lipinski definition) is 3. The van der Waals surface area contributed by atoms with Crippen LogP contribution in [0.2, 0.25) is 0 Å². The first-order valence-electron chi connectivity index (χ1n) is 7.84. The molecule has 2 fully saturated rings. The fourth-order valence-corrected chi connectivity index (χ4v) is 3.90. The van der Waals surface area contributed by atoms with Crippen LogP contribution in [0.1, 0.15) is 51.9 Å². The van der Waals surface area contributed by atoms with Gasteiger partial charge in [0.1, 0.15) is 0 Å². The van der Waals surface area contributed by atoms with Gasteiger partial charge in [0.25, 0.3) is 0 Å². The number of likely N-dealkylation sites (N-methyl/N-ethyl adjacent to an activating group) is 1. The maximum Gasteiger partial charge on any atom is 0.0695 e. The van der Waals surface area contributed by atoms with E-state index in [-0.39, 0.29) is 6.10 Å². The third-order valence-corrected chi connectivity index (χ3v) is 4.91. The van der Waals surface area contributed by atoms with E-state index in [2.05, 4.69) is 24.2 Å². The molecule has 0 heterocycles. The van der Waals surface area contributed by atoms with Crippen LogP contribution in [0.25, 0.3) is 0 Å². The van der Waals surface area contributed by atoms with Gasteiger partial charge in [0.05, 0.1) is 6.10 Å². The van der Waals surface area contributed by atoms with Crippen LogP contribution in [-0.2, 0) is 0 Å². The summed E-state index contributed by atoms with van der Waals surface area (Å²) in [7, 11) is 2.21. The van der Waals surface area contributed by atoms with Crippen LogP contribution in [0.3, 0.4) is 0 Å². The van der Waals surface area contributed by atoms with E-state index in [1.54, 1.807) is 0 Å². The third kappa shape index (κ3) is 3.46. The standard InChI is InChI=1S/C15H30N2O/c1-3-16-13-8-6-7-12(13)11-17(2)14-9-4-5-10-15(14)18/h12-16,18H,3-11H2,1-2H3. The Morgan fingerprint density at radius 3 is 2.61 bits per heavy atom. The van der Waals surface area contributed by atoms with E-state index in [1.165, 1.54) is 38.5 Å². The molecule has 4 unspecified atom stereocenters. The van der Waals surface area contributed by atoms with Crippen molar-refractivity contribution in [1.82, 2.24) is 10.2 Å². The molecular formula is C15H30N2O. The van der Waals surface area contributed by atoms with Crippen LogP contribution in [-0.4, -0.2) is 48.3 Å². The van der Waals surface area contributed by atoms with Gasteiger partial charge in [0, 0.05) is 18.6 Å². The van der Waals surface area contributed by atoms with Crippen molar-refractivity contribution in [3.05, 3.63) is 0 Å². The fraction of sp³-hybridized carbons (Fsp3) is 1.00. The molecule has 3 nitrogen and oxygen atoms in total. The molecule has 2 rings (SSSR count). The van der Waals surface area contributed by atoms with Crippen molar-refractivity contribution in [2.24, 2.45) is 5.92 Å². The minimum absolute atomic E-state index is 0.0947. The molecule has 0 aromatic carbocycles. The van der Waals surface area contributed by atoms with Crippen LogP contribution < -0.4 is 5.32 Å². The average molecular weight is 254 g/mol. The Bertz CT molecular complexity index is 247. The molecule has 0 spiro atoms. The Morgan fingerprint density at radius 2 is 1.89 bits per heavy atom. The maximum absolute atomic E-state index is 10.1. The molecular weight excluding hydrogens is 224 g/mol. The minimum atomic E-state index is -0.0947. The molecule has 0 amide bonds. The molecule has 2 aliphatic rings. The molecule has 0 aliphatic heterocycles. The number of aliphatic hydroxyl groups excluding tert-OH is 1. The quantitative estimate of drug-likeness (QED) is 0.788. The van der Waals surface area contributed by atoms with Crippen LogP contribution in [0.4, 0.5) is 0 Å². The molecule has 0 aromatic rings. The molecule has 106 valence electrons. The zero-order valence-electron chi connectivity index (χ0n) is 12.1. The first kappa shape index (κ1) is 14.3. The second kappa shape index (κ2) is 6.88. The minimum Gasteiger partial charge on any atom is -0.391 e. The summed E-state index contributed by atoms with van der Waals surface area (Å²) in [4.78, 5) is 2.43. The van der Waals surface area contributed by atoms with Gasteiger partial charge in [0.15, 0.2) is 0 Å². The van der Waals surface area contributed by atoms with Gasteiger partial charge in [-0.25, -0.2) is 0 Å². The molecule has 0 saturated heterocycles. The first-order valence-corrected chi connectivity index (χ1v) is 7.84. The normalized spacial score (nSPS) is 37.3. The molecule has 4 atom stereocenters. The SMILES string of the molecule is CCNC1CCCC1CN(C)C1CCCCC1O. The summed E-state index contributed by atoms with van der Waals surface area (Å²) in [6.07, 6.45) is 8.62. The van der Waals surface area contributed by atoms with Gasteiger partial charge in [-0.05, 0) is 45.2 Å². The van der Waals surface area contributed by atoms with E-state index in [0.29, 0.717) is 12.1 Å². The summed E-state index contributed by atoms with van der Waals surface area (Å²) in [5.74, 6) is 0.782. The molecule has 0 bridgehead atoms. The van der Waals surface area contributed by atoms with Gasteiger partial charge in [0.2, 0.25) is 0 Å². The molecule has 0 aromatic heterocycles. The van der Waals surface area contributed by atoms with Gasteiger partial charge in [-0.2, -0.15) is 0 Å². The highest BCUT2D eigenvalue weighted by molar-refractivity contribution is 4.88. The van der Waals surface area contributed by atoms with Crippen LogP contribution in [0.5, 0.6) is 0 Å². The Morgan fingerprint density at radius 1 is 1.11 bits per heavy atom.